The largest absolute Gasteiger partial charge is 0.496 e. The number of ether oxygens (including phenoxy) is 1. The predicted molar refractivity (Wildman–Crippen MR) is 179 cm³/mol. The van der Waals surface area contributed by atoms with E-state index >= 15 is 4.39 Å². The van der Waals surface area contributed by atoms with E-state index in [0.717, 1.165) is 11.1 Å². The molecule has 1 fully saturated rings. The number of hydrogen-bond acceptors (Lipinski definition) is 8. The molecule has 0 unspecified atom stereocenters. The fourth-order valence-corrected chi connectivity index (χ4v) is 6.62. The van der Waals surface area contributed by atoms with Gasteiger partial charge >= 0.3 is 0 Å². The third kappa shape index (κ3) is 5.98. The standard InChI is InChI=1S/C35H36FN9O3/c1-23-21-43(35-37-11-6-12-38-35)17-18-45(23)34(47)29-20-28-27(25-8-3-4-9-30(25)48-2)19-26(32(36)33(28)40-29)24-7-5-14-42(22-24)31(46)10-15-44-16-13-39-41-44/h3-4,6-9,11-13,16,19-20,23,40H,5,10,14-15,17-18,21-22H2,1-2H3/t23-/m0/s1. The van der Waals surface area contributed by atoms with E-state index in [1.165, 1.54) is 0 Å². The topological polar surface area (TPSA) is 125 Å². The van der Waals surface area contributed by atoms with Gasteiger partial charge in [-0.25, -0.2) is 14.4 Å². The van der Waals surface area contributed by atoms with Gasteiger partial charge in [0, 0.05) is 80.3 Å². The maximum Gasteiger partial charge on any atom is 0.270 e. The van der Waals surface area contributed by atoms with E-state index in [-0.39, 0.29) is 36.3 Å². The highest BCUT2D eigenvalue weighted by Crippen LogP contribution is 2.40. The van der Waals surface area contributed by atoms with Crippen molar-refractivity contribution in [2.24, 2.45) is 0 Å². The summed E-state index contributed by atoms with van der Waals surface area (Å²) in [6, 6.07) is 12.8. The molecule has 5 heterocycles. The summed E-state index contributed by atoms with van der Waals surface area (Å²) >= 11 is 0. The smallest absolute Gasteiger partial charge is 0.270 e. The van der Waals surface area contributed by atoms with Gasteiger partial charge in [-0.1, -0.05) is 29.5 Å². The molecule has 0 bridgehead atoms. The zero-order chi connectivity index (χ0) is 33.2. The molecule has 2 aliphatic heterocycles. The Hall–Kier alpha value is -5.59. The molecule has 2 aliphatic rings. The first kappa shape index (κ1) is 31.0. The van der Waals surface area contributed by atoms with E-state index in [9.17, 15) is 9.59 Å². The van der Waals surface area contributed by atoms with Crippen LogP contribution in [-0.4, -0.2) is 97.4 Å². The number of piperazine rings is 1. The number of nitrogens with zero attached hydrogens (tertiary/aromatic N) is 8. The maximum absolute atomic E-state index is 16.7. The van der Waals surface area contributed by atoms with Gasteiger partial charge in [-0.05, 0) is 48.7 Å². The average Bonchev–Trinajstić information content (AvgIpc) is 3.82. The van der Waals surface area contributed by atoms with Crippen molar-refractivity contribution in [1.29, 1.82) is 0 Å². The molecule has 12 nitrogen and oxygen atoms in total. The number of halogens is 1. The SMILES string of the molecule is COc1ccccc1-c1cc(C2=CCCN(C(=O)CCn3ccnn3)C2)c(F)c2[nH]c(C(=O)N3CCN(c4ncccn4)C[C@@H]3C)cc12. The summed E-state index contributed by atoms with van der Waals surface area (Å²) in [7, 11) is 1.60. The fraction of sp³-hybridized carbons (Fsp3) is 0.314. The number of para-hydroxylation sites is 1. The lowest BCUT2D eigenvalue weighted by molar-refractivity contribution is -0.131. The highest BCUT2D eigenvalue weighted by atomic mass is 19.1. The van der Waals surface area contributed by atoms with Crippen LogP contribution < -0.4 is 9.64 Å². The van der Waals surface area contributed by atoms with Crippen LogP contribution in [0.25, 0.3) is 27.6 Å². The van der Waals surface area contributed by atoms with Gasteiger partial charge in [-0.15, -0.1) is 5.10 Å². The molecule has 1 saturated heterocycles. The number of hydrogen-bond donors (Lipinski definition) is 1. The van der Waals surface area contributed by atoms with Gasteiger partial charge in [0.15, 0.2) is 5.82 Å². The number of aromatic nitrogens is 6. The monoisotopic (exact) mass is 649 g/mol. The second-order valence-corrected chi connectivity index (χ2v) is 12.0. The van der Waals surface area contributed by atoms with E-state index in [2.05, 4.69) is 30.2 Å². The highest BCUT2D eigenvalue weighted by molar-refractivity contribution is 6.05. The third-order valence-corrected chi connectivity index (χ3v) is 9.08. The number of aryl methyl sites for hydroxylation is 1. The highest BCUT2D eigenvalue weighted by Gasteiger charge is 2.31. The van der Waals surface area contributed by atoms with Gasteiger partial charge in [0.1, 0.15) is 11.4 Å². The Bertz CT molecular complexity index is 1980. The molecule has 13 heteroatoms. The first-order valence-electron chi connectivity index (χ1n) is 16.0. The van der Waals surface area contributed by atoms with E-state index in [1.807, 2.05) is 43.3 Å². The van der Waals surface area contributed by atoms with Gasteiger partial charge in [0.05, 0.1) is 25.4 Å². The Morgan fingerprint density at radius 1 is 1.02 bits per heavy atom. The first-order chi connectivity index (χ1) is 23.4. The fourth-order valence-electron chi connectivity index (χ4n) is 6.62. The van der Waals surface area contributed by atoms with Crippen LogP contribution in [0.5, 0.6) is 5.75 Å². The van der Waals surface area contributed by atoms with Crippen molar-refractivity contribution >= 4 is 34.2 Å². The van der Waals surface area contributed by atoms with E-state index < -0.39 is 5.82 Å². The summed E-state index contributed by atoms with van der Waals surface area (Å²) in [5, 5.41) is 8.31. The Labute approximate surface area is 276 Å². The zero-order valence-corrected chi connectivity index (χ0v) is 26.8. The van der Waals surface area contributed by atoms with E-state index in [4.69, 9.17) is 4.74 Å². The number of rotatable bonds is 8. The normalized spacial score (nSPS) is 16.7. The molecule has 1 atom stereocenters. The van der Waals surface area contributed by atoms with Gasteiger partial charge in [-0.2, -0.15) is 0 Å². The third-order valence-electron chi connectivity index (χ3n) is 9.08. The van der Waals surface area contributed by atoms with Gasteiger partial charge in [0.25, 0.3) is 5.91 Å². The molecule has 0 radical (unpaired) electrons. The number of aromatic amines is 1. The Morgan fingerprint density at radius 2 is 1.85 bits per heavy atom. The number of carbonyl (C=O) groups excluding carboxylic acids is 2. The summed E-state index contributed by atoms with van der Waals surface area (Å²) in [6.07, 6.45) is 9.55. The molecule has 48 heavy (non-hydrogen) atoms. The number of amides is 2. The molecule has 5 aromatic rings. The molecule has 2 aromatic carbocycles. The number of anilines is 1. The molecule has 0 saturated carbocycles. The van der Waals surface area contributed by atoms with Crippen LogP contribution in [0.15, 0.2) is 73.3 Å². The number of fused-ring (bicyclic) bond motifs is 1. The molecule has 3 aromatic heterocycles. The molecule has 246 valence electrons. The first-order valence-corrected chi connectivity index (χ1v) is 16.0. The van der Waals surface area contributed by atoms with Crippen LogP contribution in [-0.2, 0) is 11.3 Å². The van der Waals surface area contributed by atoms with Gasteiger partial charge < -0.3 is 24.4 Å². The lowest BCUT2D eigenvalue weighted by Gasteiger charge is -2.39. The van der Waals surface area contributed by atoms with Crippen molar-refractivity contribution in [3.05, 3.63) is 90.4 Å². The minimum absolute atomic E-state index is 0.0386. The van der Waals surface area contributed by atoms with Crippen LogP contribution >= 0.6 is 0 Å². The van der Waals surface area contributed by atoms with Crippen molar-refractivity contribution in [3.8, 4) is 16.9 Å². The van der Waals surface area contributed by atoms with Crippen molar-refractivity contribution in [3.63, 3.8) is 0 Å². The van der Waals surface area contributed by atoms with Crippen molar-refractivity contribution in [1.82, 2.24) is 39.7 Å². The van der Waals surface area contributed by atoms with Crippen LogP contribution in [0.3, 0.4) is 0 Å². The number of benzene rings is 2. The molecule has 0 aliphatic carbocycles. The number of nitrogens with one attached hydrogen (secondary N) is 1. The summed E-state index contributed by atoms with van der Waals surface area (Å²) in [6.45, 7) is 4.84. The number of H-pyrrole nitrogens is 1. The summed E-state index contributed by atoms with van der Waals surface area (Å²) in [5.74, 6) is 0.542. The summed E-state index contributed by atoms with van der Waals surface area (Å²) in [5.41, 5.74) is 3.12. The molecule has 0 spiro atoms. The van der Waals surface area contributed by atoms with Crippen LogP contribution in [0.4, 0.5) is 10.3 Å². The van der Waals surface area contributed by atoms with Gasteiger partial charge in [-0.3, -0.25) is 14.3 Å². The van der Waals surface area contributed by atoms with Crippen molar-refractivity contribution in [2.75, 3.05) is 44.7 Å². The van der Waals surface area contributed by atoms with Crippen LogP contribution in [0, 0.1) is 5.82 Å². The summed E-state index contributed by atoms with van der Waals surface area (Å²) in [4.78, 5) is 44.6. The van der Waals surface area contributed by atoms with Gasteiger partial charge in [0.2, 0.25) is 11.9 Å². The second-order valence-electron chi connectivity index (χ2n) is 12.0. The predicted octanol–water partition coefficient (Wildman–Crippen LogP) is 4.42. The van der Waals surface area contributed by atoms with Crippen LogP contribution in [0.1, 0.15) is 35.8 Å². The molecule has 2 amide bonds. The number of carbonyl (C=O) groups is 2. The minimum atomic E-state index is -0.468. The molecular weight excluding hydrogens is 613 g/mol. The van der Waals surface area contributed by atoms with E-state index in [1.54, 1.807) is 58.5 Å². The maximum atomic E-state index is 16.7. The lowest BCUT2D eigenvalue weighted by atomic mass is 9.93. The summed E-state index contributed by atoms with van der Waals surface area (Å²) < 4.78 is 24.0. The molecular formula is C35H36FN9O3. The quantitative estimate of drug-likeness (QED) is 0.262. The Morgan fingerprint density at radius 3 is 2.62 bits per heavy atom. The lowest BCUT2D eigenvalue weighted by Crippen LogP contribution is -2.54. The Balaban J connectivity index is 1.21. The van der Waals surface area contributed by atoms with E-state index in [0.29, 0.717) is 73.1 Å². The minimum Gasteiger partial charge on any atom is -0.496 e. The second kappa shape index (κ2) is 13.3. The van der Waals surface area contributed by atoms with Crippen molar-refractivity contribution in [2.45, 2.75) is 32.4 Å². The van der Waals surface area contributed by atoms with Crippen LogP contribution in [0.2, 0.25) is 0 Å². The molecule has 1 N–H and O–H groups in total. The number of methoxy groups -OCH3 is 1. The zero-order valence-electron chi connectivity index (χ0n) is 26.8. The average molecular weight is 650 g/mol. The molecule has 7 rings (SSSR count). The Kier molecular flexibility index (Phi) is 8.57. The van der Waals surface area contributed by atoms with Crippen molar-refractivity contribution < 1.29 is 18.7 Å².